The molecule has 6 nitrogen and oxygen atoms in total. The minimum Gasteiger partial charge on any atom is -0.504 e. The normalized spacial score (nSPS) is 11.1. The molecule has 0 aliphatic carbocycles. The van der Waals surface area contributed by atoms with Crippen molar-refractivity contribution < 1.29 is 14.6 Å². The number of aliphatic imine (C=N–C) groups is 1. The predicted molar refractivity (Wildman–Crippen MR) is 91.5 cm³/mol. The van der Waals surface area contributed by atoms with Gasteiger partial charge in [0.15, 0.2) is 17.5 Å². The maximum absolute atomic E-state index is 10.0. The van der Waals surface area contributed by atoms with Gasteiger partial charge in [0.1, 0.15) is 5.75 Å². The van der Waals surface area contributed by atoms with E-state index in [1.807, 2.05) is 36.4 Å². The van der Waals surface area contributed by atoms with Crippen molar-refractivity contribution in [3.63, 3.8) is 0 Å². The molecule has 0 bridgehead atoms. The quantitative estimate of drug-likeness (QED) is 0.562. The van der Waals surface area contributed by atoms with Gasteiger partial charge in [0.05, 0.1) is 14.2 Å². The molecule has 0 fully saturated rings. The Kier molecular flexibility index (Phi) is 5.68. The number of aromatic hydroxyl groups is 1. The molecule has 6 heteroatoms. The number of hydrogen-bond donors (Lipinski definition) is 3. The number of guanidine groups is 1. The lowest BCUT2D eigenvalue weighted by molar-refractivity contribution is 0.370. The van der Waals surface area contributed by atoms with E-state index >= 15 is 0 Å². The van der Waals surface area contributed by atoms with Crippen molar-refractivity contribution in [2.45, 2.75) is 6.42 Å². The van der Waals surface area contributed by atoms with Gasteiger partial charge in [0.25, 0.3) is 0 Å². The molecule has 2 aromatic carbocycles. The minimum absolute atomic E-state index is 0.145. The average molecular weight is 315 g/mol. The first-order valence-corrected chi connectivity index (χ1v) is 7.20. The van der Waals surface area contributed by atoms with Crippen LogP contribution in [0, 0.1) is 0 Å². The molecular weight excluding hydrogens is 294 g/mol. The van der Waals surface area contributed by atoms with Gasteiger partial charge in [-0.2, -0.15) is 0 Å². The molecule has 0 saturated carbocycles. The average Bonchev–Trinajstić information content (AvgIpc) is 2.57. The van der Waals surface area contributed by atoms with Gasteiger partial charge >= 0.3 is 0 Å². The Labute approximate surface area is 135 Å². The third-order valence-electron chi connectivity index (χ3n) is 3.33. The third kappa shape index (κ3) is 4.54. The molecule has 0 radical (unpaired) electrons. The zero-order valence-corrected chi connectivity index (χ0v) is 13.2. The topological polar surface area (TPSA) is 89.1 Å². The summed E-state index contributed by atoms with van der Waals surface area (Å²) < 4.78 is 10.2. The Morgan fingerprint density at radius 3 is 2.52 bits per heavy atom. The first-order valence-electron chi connectivity index (χ1n) is 7.20. The summed E-state index contributed by atoms with van der Waals surface area (Å²) in [5.74, 6) is 1.69. The Hall–Kier alpha value is -2.89. The Morgan fingerprint density at radius 1 is 1.13 bits per heavy atom. The Morgan fingerprint density at radius 2 is 1.87 bits per heavy atom. The molecular formula is C17H21N3O3. The summed E-state index contributed by atoms with van der Waals surface area (Å²) in [6.07, 6.45) is 0.564. The van der Waals surface area contributed by atoms with Crippen molar-refractivity contribution in [2.75, 3.05) is 26.1 Å². The highest BCUT2D eigenvalue weighted by Crippen LogP contribution is 2.29. The summed E-state index contributed by atoms with van der Waals surface area (Å²) in [5, 5.41) is 13.0. The maximum atomic E-state index is 10.0. The van der Waals surface area contributed by atoms with Gasteiger partial charge in [0, 0.05) is 12.2 Å². The van der Waals surface area contributed by atoms with Crippen LogP contribution < -0.4 is 20.5 Å². The lowest BCUT2D eigenvalue weighted by Gasteiger charge is -2.08. The van der Waals surface area contributed by atoms with Gasteiger partial charge in [-0.25, -0.2) is 0 Å². The van der Waals surface area contributed by atoms with Gasteiger partial charge in [-0.15, -0.1) is 0 Å². The van der Waals surface area contributed by atoms with Crippen LogP contribution in [0.15, 0.2) is 47.5 Å². The number of anilines is 1. The number of ether oxygens (including phenoxy) is 2. The largest absolute Gasteiger partial charge is 0.504 e. The molecule has 0 spiro atoms. The van der Waals surface area contributed by atoms with E-state index in [0.29, 0.717) is 24.7 Å². The smallest absolute Gasteiger partial charge is 0.193 e. The number of nitrogens with zero attached hydrogens (tertiary/aromatic N) is 1. The van der Waals surface area contributed by atoms with E-state index in [1.165, 1.54) is 7.11 Å². The van der Waals surface area contributed by atoms with E-state index in [4.69, 9.17) is 15.2 Å². The SMILES string of the molecule is COc1ccc(NC(N)=NCCc2cccc(OC)c2O)cc1. The van der Waals surface area contributed by atoms with E-state index in [9.17, 15) is 5.11 Å². The second-order valence-electron chi connectivity index (χ2n) is 4.84. The number of hydrogen-bond acceptors (Lipinski definition) is 4. The second kappa shape index (κ2) is 7.93. The van der Waals surface area contributed by atoms with Crippen molar-refractivity contribution in [3.05, 3.63) is 48.0 Å². The number of benzene rings is 2. The Balaban J connectivity index is 1.92. The second-order valence-corrected chi connectivity index (χ2v) is 4.84. The lowest BCUT2D eigenvalue weighted by atomic mass is 10.1. The van der Waals surface area contributed by atoms with Gasteiger partial charge < -0.3 is 25.6 Å². The Bertz CT molecular complexity index is 669. The summed E-state index contributed by atoms with van der Waals surface area (Å²) in [4.78, 5) is 4.25. The fourth-order valence-corrected chi connectivity index (χ4v) is 2.09. The molecule has 4 N–H and O–H groups in total. The highest BCUT2D eigenvalue weighted by Gasteiger charge is 2.06. The molecule has 0 aromatic heterocycles. The van der Waals surface area contributed by atoms with Crippen molar-refractivity contribution in [1.82, 2.24) is 0 Å². The van der Waals surface area contributed by atoms with Crippen molar-refractivity contribution >= 4 is 11.6 Å². The summed E-state index contributed by atoms with van der Waals surface area (Å²) in [6, 6.07) is 12.8. The molecule has 0 amide bonds. The monoisotopic (exact) mass is 315 g/mol. The fourth-order valence-electron chi connectivity index (χ4n) is 2.09. The summed E-state index contributed by atoms with van der Waals surface area (Å²) in [5.41, 5.74) is 7.45. The molecule has 2 rings (SSSR count). The van der Waals surface area contributed by atoms with Crippen LogP contribution >= 0.6 is 0 Å². The van der Waals surface area contributed by atoms with Gasteiger partial charge in [-0.3, -0.25) is 4.99 Å². The van der Waals surface area contributed by atoms with Gasteiger partial charge in [0.2, 0.25) is 0 Å². The minimum atomic E-state index is 0.145. The number of methoxy groups -OCH3 is 2. The van der Waals surface area contributed by atoms with Crippen molar-refractivity contribution in [2.24, 2.45) is 10.7 Å². The molecule has 0 saturated heterocycles. The molecule has 23 heavy (non-hydrogen) atoms. The molecule has 0 aliphatic heterocycles. The van der Waals surface area contributed by atoms with Crippen LogP contribution in [0.1, 0.15) is 5.56 Å². The molecule has 0 heterocycles. The van der Waals surface area contributed by atoms with Crippen LogP contribution in [0.2, 0.25) is 0 Å². The van der Waals surface area contributed by atoms with Crippen LogP contribution in [-0.2, 0) is 6.42 Å². The number of phenols is 1. The summed E-state index contributed by atoms with van der Waals surface area (Å²) >= 11 is 0. The number of rotatable bonds is 6. The van der Waals surface area contributed by atoms with Crippen LogP contribution in [0.25, 0.3) is 0 Å². The predicted octanol–water partition coefficient (Wildman–Crippen LogP) is 2.38. The first kappa shape index (κ1) is 16.5. The van der Waals surface area contributed by atoms with E-state index in [2.05, 4.69) is 10.3 Å². The van der Waals surface area contributed by atoms with Crippen LogP contribution in [0.4, 0.5) is 5.69 Å². The standard InChI is InChI=1S/C17H21N3O3/c1-22-14-8-6-13(7-9-14)20-17(18)19-11-10-12-4-3-5-15(23-2)16(12)21/h3-9,21H,10-11H2,1-2H3,(H3,18,19,20). The molecule has 0 atom stereocenters. The van der Waals surface area contributed by atoms with Crippen molar-refractivity contribution in [1.29, 1.82) is 0 Å². The molecule has 0 aliphatic rings. The van der Waals surface area contributed by atoms with Crippen LogP contribution in [-0.4, -0.2) is 31.8 Å². The molecule has 0 unspecified atom stereocenters. The van der Waals surface area contributed by atoms with E-state index in [-0.39, 0.29) is 5.75 Å². The number of para-hydroxylation sites is 1. The maximum Gasteiger partial charge on any atom is 0.193 e. The number of nitrogens with one attached hydrogen (secondary N) is 1. The lowest BCUT2D eigenvalue weighted by Crippen LogP contribution is -2.23. The van der Waals surface area contributed by atoms with Gasteiger partial charge in [-0.1, -0.05) is 12.1 Å². The first-order chi connectivity index (χ1) is 11.1. The van der Waals surface area contributed by atoms with E-state index < -0.39 is 0 Å². The van der Waals surface area contributed by atoms with Crippen LogP contribution in [0.5, 0.6) is 17.2 Å². The third-order valence-corrected chi connectivity index (χ3v) is 3.33. The van der Waals surface area contributed by atoms with Gasteiger partial charge in [-0.05, 0) is 42.3 Å². The molecule has 2 aromatic rings. The number of phenolic OH excluding ortho intramolecular Hbond substituents is 1. The number of nitrogens with two attached hydrogens (primary N) is 1. The van der Waals surface area contributed by atoms with E-state index in [1.54, 1.807) is 13.2 Å². The summed E-state index contributed by atoms with van der Waals surface area (Å²) in [7, 11) is 3.14. The van der Waals surface area contributed by atoms with Crippen LogP contribution in [0.3, 0.4) is 0 Å². The zero-order chi connectivity index (χ0) is 16.7. The van der Waals surface area contributed by atoms with Crippen molar-refractivity contribution in [3.8, 4) is 17.2 Å². The zero-order valence-electron chi connectivity index (χ0n) is 13.2. The summed E-state index contributed by atoms with van der Waals surface area (Å²) in [6.45, 7) is 0.454. The highest BCUT2D eigenvalue weighted by atomic mass is 16.5. The highest BCUT2D eigenvalue weighted by molar-refractivity contribution is 5.92. The van der Waals surface area contributed by atoms with E-state index in [0.717, 1.165) is 17.0 Å². The molecule has 122 valence electrons. The fraction of sp³-hybridized carbons (Fsp3) is 0.235.